The van der Waals surface area contributed by atoms with E-state index >= 15 is 0 Å². The summed E-state index contributed by atoms with van der Waals surface area (Å²) in [6.07, 6.45) is 1.37. The lowest BCUT2D eigenvalue weighted by atomic mass is 9.88. The van der Waals surface area contributed by atoms with Gasteiger partial charge in [-0.05, 0) is 30.0 Å². The van der Waals surface area contributed by atoms with E-state index in [1.807, 2.05) is 0 Å². The molecule has 1 heterocycles. The molecule has 1 unspecified atom stereocenters. The van der Waals surface area contributed by atoms with Gasteiger partial charge in [0, 0.05) is 13.1 Å². The van der Waals surface area contributed by atoms with Crippen molar-refractivity contribution in [2.24, 2.45) is 5.41 Å². The second kappa shape index (κ2) is 5.41. The Balaban J connectivity index is 2.03. The number of hydrogen-bond acceptors (Lipinski definition) is 2. The van der Waals surface area contributed by atoms with E-state index in [1.165, 1.54) is 11.1 Å². The smallest absolute Gasteiger partial charge is 0.0952 e. The maximum absolute atomic E-state index is 5.83. The zero-order valence-corrected chi connectivity index (χ0v) is 12.1. The number of ether oxygens (including phenoxy) is 1. The van der Waals surface area contributed by atoms with Crippen LogP contribution in [0.2, 0.25) is 0 Å². The first-order valence-electron chi connectivity index (χ1n) is 6.83. The molecule has 1 aliphatic heterocycles. The highest BCUT2D eigenvalue weighted by molar-refractivity contribution is 5.25. The minimum absolute atomic E-state index is 0.243. The molecule has 0 spiro atoms. The molecular weight excluding hydrogens is 222 g/mol. The van der Waals surface area contributed by atoms with Crippen molar-refractivity contribution in [1.29, 1.82) is 0 Å². The molecule has 0 radical (unpaired) electrons. The molecule has 1 atom stereocenters. The lowest BCUT2D eigenvalue weighted by Gasteiger charge is -2.30. The fourth-order valence-electron chi connectivity index (χ4n) is 2.44. The molecule has 1 aliphatic rings. The molecule has 1 aromatic carbocycles. The molecule has 2 nitrogen and oxygen atoms in total. The normalized spacial score (nSPS) is 22.1. The van der Waals surface area contributed by atoms with Crippen molar-refractivity contribution in [3.63, 3.8) is 0 Å². The van der Waals surface area contributed by atoms with Gasteiger partial charge in [-0.1, -0.05) is 45.0 Å². The van der Waals surface area contributed by atoms with Crippen LogP contribution in [0.5, 0.6) is 0 Å². The molecular formula is C16H25NO. The van der Waals surface area contributed by atoms with Crippen molar-refractivity contribution in [1.82, 2.24) is 4.90 Å². The predicted molar refractivity (Wildman–Crippen MR) is 75.8 cm³/mol. The van der Waals surface area contributed by atoms with Crippen molar-refractivity contribution in [3.05, 3.63) is 35.4 Å². The van der Waals surface area contributed by atoms with E-state index in [1.54, 1.807) is 0 Å². The minimum atomic E-state index is 0.243. The van der Waals surface area contributed by atoms with Crippen LogP contribution < -0.4 is 0 Å². The Morgan fingerprint density at radius 1 is 1.22 bits per heavy atom. The van der Waals surface area contributed by atoms with Crippen LogP contribution in [0, 0.1) is 5.41 Å². The number of morpholine rings is 1. The average molecular weight is 247 g/mol. The zero-order chi connectivity index (χ0) is 13.2. The Labute approximate surface area is 111 Å². The Kier molecular flexibility index (Phi) is 4.08. The zero-order valence-electron chi connectivity index (χ0n) is 12.1. The Hall–Kier alpha value is -0.860. The first-order chi connectivity index (χ1) is 8.44. The molecule has 0 amide bonds. The molecule has 0 N–H and O–H groups in total. The summed E-state index contributed by atoms with van der Waals surface area (Å²) in [6.45, 7) is 9.71. The van der Waals surface area contributed by atoms with Crippen LogP contribution in [0.25, 0.3) is 0 Å². The third kappa shape index (κ3) is 3.82. The Bertz CT molecular complexity index is 377. The van der Waals surface area contributed by atoms with Crippen LogP contribution in [0.15, 0.2) is 24.3 Å². The lowest BCUT2D eigenvalue weighted by molar-refractivity contribution is -0.0209. The maximum atomic E-state index is 5.83. The van der Waals surface area contributed by atoms with Gasteiger partial charge in [0.15, 0.2) is 0 Å². The molecule has 1 aromatic rings. The van der Waals surface area contributed by atoms with Crippen LogP contribution in [-0.4, -0.2) is 31.6 Å². The first kappa shape index (κ1) is 13.6. The van der Waals surface area contributed by atoms with Gasteiger partial charge >= 0.3 is 0 Å². The highest BCUT2D eigenvalue weighted by atomic mass is 16.5. The maximum Gasteiger partial charge on any atom is 0.0952 e. The van der Waals surface area contributed by atoms with Gasteiger partial charge in [0.05, 0.1) is 12.7 Å². The molecule has 0 bridgehead atoms. The summed E-state index contributed by atoms with van der Waals surface area (Å²) in [5.41, 5.74) is 3.07. The summed E-state index contributed by atoms with van der Waals surface area (Å²) in [5.74, 6) is 0. The van der Waals surface area contributed by atoms with Crippen molar-refractivity contribution < 1.29 is 4.74 Å². The molecule has 18 heavy (non-hydrogen) atoms. The van der Waals surface area contributed by atoms with Gasteiger partial charge in [0.1, 0.15) is 0 Å². The van der Waals surface area contributed by atoms with Gasteiger partial charge in [0.2, 0.25) is 0 Å². The van der Waals surface area contributed by atoms with E-state index < -0.39 is 0 Å². The second-order valence-electron chi connectivity index (χ2n) is 6.60. The number of benzene rings is 1. The predicted octanol–water partition coefficient (Wildman–Crippen LogP) is 3.28. The lowest BCUT2D eigenvalue weighted by Crippen LogP contribution is -2.35. The molecule has 0 aromatic heterocycles. The Morgan fingerprint density at radius 2 is 1.89 bits per heavy atom. The fourth-order valence-corrected chi connectivity index (χ4v) is 2.44. The molecule has 2 rings (SSSR count). The summed E-state index contributed by atoms with van der Waals surface area (Å²) in [6, 6.07) is 8.95. The molecule has 1 saturated heterocycles. The van der Waals surface area contributed by atoms with Crippen molar-refractivity contribution in [3.8, 4) is 0 Å². The first-order valence-corrected chi connectivity index (χ1v) is 6.83. The number of hydrogen-bond donors (Lipinski definition) is 0. The van der Waals surface area contributed by atoms with Crippen LogP contribution in [-0.2, 0) is 11.2 Å². The van der Waals surface area contributed by atoms with Crippen LogP contribution in [0.4, 0.5) is 0 Å². The van der Waals surface area contributed by atoms with Gasteiger partial charge in [-0.3, -0.25) is 0 Å². The fraction of sp³-hybridized carbons (Fsp3) is 0.625. The van der Waals surface area contributed by atoms with E-state index in [2.05, 4.69) is 57.0 Å². The average Bonchev–Trinajstić information content (AvgIpc) is 2.28. The van der Waals surface area contributed by atoms with Gasteiger partial charge in [-0.15, -0.1) is 0 Å². The summed E-state index contributed by atoms with van der Waals surface area (Å²) in [7, 11) is 2.16. The largest absolute Gasteiger partial charge is 0.371 e. The molecule has 0 saturated carbocycles. The summed E-state index contributed by atoms with van der Waals surface area (Å²) in [4.78, 5) is 2.33. The van der Waals surface area contributed by atoms with Gasteiger partial charge < -0.3 is 9.64 Å². The van der Waals surface area contributed by atoms with Crippen LogP contribution >= 0.6 is 0 Å². The summed E-state index contributed by atoms with van der Waals surface area (Å²) < 4.78 is 5.83. The number of rotatable bonds is 2. The standard InChI is InChI=1S/C16H25NO/c1-16(2,3)11-13-5-7-14(8-6-13)15-12-17(4)9-10-18-15/h5-8,15H,9-12H2,1-4H3. The number of likely N-dealkylation sites (N-methyl/N-ethyl adjacent to an activating group) is 1. The highest BCUT2D eigenvalue weighted by Gasteiger charge is 2.19. The third-order valence-electron chi connectivity index (χ3n) is 3.36. The van der Waals surface area contributed by atoms with Crippen LogP contribution in [0.1, 0.15) is 38.0 Å². The van der Waals surface area contributed by atoms with E-state index in [0.717, 1.165) is 26.1 Å². The molecule has 2 heteroatoms. The van der Waals surface area contributed by atoms with Crippen LogP contribution in [0.3, 0.4) is 0 Å². The number of nitrogens with zero attached hydrogens (tertiary/aromatic N) is 1. The van der Waals surface area contributed by atoms with Gasteiger partial charge in [-0.2, -0.15) is 0 Å². The van der Waals surface area contributed by atoms with E-state index in [0.29, 0.717) is 5.41 Å². The third-order valence-corrected chi connectivity index (χ3v) is 3.36. The second-order valence-corrected chi connectivity index (χ2v) is 6.60. The summed E-state index contributed by atoms with van der Waals surface area (Å²) >= 11 is 0. The van der Waals surface area contributed by atoms with Crippen molar-refractivity contribution in [2.45, 2.75) is 33.3 Å². The van der Waals surface area contributed by atoms with Crippen molar-refractivity contribution >= 4 is 0 Å². The van der Waals surface area contributed by atoms with E-state index in [9.17, 15) is 0 Å². The topological polar surface area (TPSA) is 12.5 Å². The molecule has 100 valence electrons. The molecule has 1 fully saturated rings. The quantitative estimate of drug-likeness (QED) is 0.795. The SMILES string of the molecule is CN1CCOC(c2ccc(CC(C)(C)C)cc2)C1. The van der Waals surface area contributed by atoms with Gasteiger partial charge in [-0.25, -0.2) is 0 Å². The highest BCUT2D eigenvalue weighted by Crippen LogP contribution is 2.24. The van der Waals surface area contributed by atoms with Crippen molar-refractivity contribution in [2.75, 3.05) is 26.7 Å². The molecule has 0 aliphatic carbocycles. The van der Waals surface area contributed by atoms with E-state index in [-0.39, 0.29) is 6.10 Å². The monoisotopic (exact) mass is 247 g/mol. The van der Waals surface area contributed by atoms with Gasteiger partial charge in [0.25, 0.3) is 0 Å². The van der Waals surface area contributed by atoms with E-state index in [4.69, 9.17) is 4.74 Å². The summed E-state index contributed by atoms with van der Waals surface area (Å²) in [5, 5.41) is 0. The Morgan fingerprint density at radius 3 is 2.44 bits per heavy atom. The minimum Gasteiger partial charge on any atom is -0.371 e.